The second-order valence-corrected chi connectivity index (χ2v) is 14.1. The fourth-order valence-corrected chi connectivity index (χ4v) is 8.16. The number of aromatic nitrogens is 5. The lowest BCUT2D eigenvalue weighted by Crippen LogP contribution is -2.04. The molecule has 5 heteroatoms. The summed E-state index contributed by atoms with van der Waals surface area (Å²) in [5, 5.41) is 4.79. The number of nitrogens with zero attached hydrogens (tertiary/aromatic N) is 5. The predicted molar refractivity (Wildman–Crippen MR) is 230 cm³/mol. The van der Waals surface area contributed by atoms with E-state index >= 15 is 0 Å². The van der Waals surface area contributed by atoms with Crippen LogP contribution in [-0.4, -0.2) is 24.1 Å². The van der Waals surface area contributed by atoms with Crippen LogP contribution < -0.4 is 0 Å². The van der Waals surface area contributed by atoms with Gasteiger partial charge in [-0.3, -0.25) is 9.13 Å². The Kier molecular flexibility index (Phi) is 7.42. The number of benzene rings is 7. The van der Waals surface area contributed by atoms with Gasteiger partial charge in [-0.25, -0.2) is 15.0 Å². The molecule has 0 radical (unpaired) electrons. The van der Waals surface area contributed by atoms with Gasteiger partial charge in [0.25, 0.3) is 0 Å². The normalized spacial score (nSPS) is 11.6. The van der Waals surface area contributed by atoms with Gasteiger partial charge in [0.1, 0.15) is 11.6 Å². The Morgan fingerprint density at radius 3 is 1.16 bits per heavy atom. The van der Waals surface area contributed by atoms with Crippen LogP contribution in [0.1, 0.15) is 0 Å². The minimum absolute atomic E-state index is 0.693. The lowest BCUT2D eigenvalue weighted by molar-refractivity contribution is 1.01. The van der Waals surface area contributed by atoms with Crippen molar-refractivity contribution in [1.82, 2.24) is 24.1 Å². The first-order valence-corrected chi connectivity index (χ1v) is 18.9. The van der Waals surface area contributed by atoms with Gasteiger partial charge in [0, 0.05) is 38.2 Å². The number of rotatable bonds is 6. The fraction of sp³-hybridized carbons (Fsp3) is 0. The molecule has 0 fully saturated rings. The predicted octanol–water partition coefficient (Wildman–Crippen LogP) is 12.7. The van der Waals surface area contributed by atoms with E-state index in [1.807, 2.05) is 36.4 Å². The molecule has 0 amide bonds. The van der Waals surface area contributed by atoms with E-state index in [4.69, 9.17) is 15.0 Å². The Morgan fingerprint density at radius 1 is 0.268 bits per heavy atom. The fourth-order valence-electron chi connectivity index (χ4n) is 8.16. The maximum absolute atomic E-state index is 5.52. The number of para-hydroxylation sites is 4. The Hall–Kier alpha value is -7.63. The molecule has 0 aliphatic rings. The molecule has 0 saturated carbocycles. The largest absolute Gasteiger partial charge is 0.294 e. The molecule has 11 aromatic rings. The van der Waals surface area contributed by atoms with Gasteiger partial charge >= 0.3 is 0 Å². The summed E-state index contributed by atoms with van der Waals surface area (Å²) in [7, 11) is 0. The Morgan fingerprint density at radius 2 is 0.661 bits per heavy atom. The highest BCUT2D eigenvalue weighted by Gasteiger charge is 2.19. The maximum atomic E-state index is 5.52. The number of hydrogen-bond donors (Lipinski definition) is 0. The molecule has 11 rings (SSSR count). The van der Waals surface area contributed by atoms with Gasteiger partial charge in [0.2, 0.25) is 0 Å². The van der Waals surface area contributed by atoms with Gasteiger partial charge in [0.05, 0.1) is 33.5 Å². The third-order valence-electron chi connectivity index (χ3n) is 10.7. The van der Waals surface area contributed by atoms with Crippen molar-refractivity contribution in [3.63, 3.8) is 0 Å². The van der Waals surface area contributed by atoms with Crippen molar-refractivity contribution < 1.29 is 0 Å². The maximum Gasteiger partial charge on any atom is 0.160 e. The lowest BCUT2D eigenvalue weighted by atomic mass is 10.0. The smallest absolute Gasteiger partial charge is 0.160 e. The summed E-state index contributed by atoms with van der Waals surface area (Å²) in [5.41, 5.74) is 11.3. The monoisotopic (exact) mass is 715 g/mol. The molecule has 4 heterocycles. The van der Waals surface area contributed by atoms with Crippen molar-refractivity contribution in [2.75, 3.05) is 0 Å². The van der Waals surface area contributed by atoms with Crippen LogP contribution in [0.2, 0.25) is 0 Å². The lowest BCUT2D eigenvalue weighted by Gasteiger charge is -2.15. The summed E-state index contributed by atoms with van der Waals surface area (Å²) in [5.74, 6) is 2.39. The zero-order chi connectivity index (χ0) is 37.0. The highest BCUT2D eigenvalue weighted by Crippen LogP contribution is 2.37. The molecule has 0 bridgehead atoms. The van der Waals surface area contributed by atoms with Gasteiger partial charge < -0.3 is 0 Å². The topological polar surface area (TPSA) is 48.5 Å². The van der Waals surface area contributed by atoms with Gasteiger partial charge in [-0.15, -0.1) is 0 Å². The van der Waals surface area contributed by atoms with E-state index in [0.29, 0.717) is 5.82 Å². The summed E-state index contributed by atoms with van der Waals surface area (Å²) >= 11 is 0. The number of hydrogen-bond acceptors (Lipinski definition) is 3. The SMILES string of the molecule is c1ccc(-c2cc(-c3cccc(-c4cc(-n5c6ccccc6c6ccccc65)nc(-n5c6ccccc6c6ccccc65)c4)c3)nc(-c3ccccc3)n2)cc1. The molecular formula is C51H33N5. The van der Waals surface area contributed by atoms with Crippen molar-refractivity contribution in [2.45, 2.75) is 0 Å². The van der Waals surface area contributed by atoms with E-state index in [-0.39, 0.29) is 0 Å². The molecule has 56 heavy (non-hydrogen) atoms. The third-order valence-corrected chi connectivity index (χ3v) is 10.7. The van der Waals surface area contributed by atoms with Crippen molar-refractivity contribution in [2.24, 2.45) is 0 Å². The minimum atomic E-state index is 0.693. The summed E-state index contributed by atoms with van der Waals surface area (Å²) < 4.78 is 4.61. The quantitative estimate of drug-likeness (QED) is 0.172. The van der Waals surface area contributed by atoms with Crippen LogP contribution in [0.25, 0.3) is 100 Å². The van der Waals surface area contributed by atoms with Crippen molar-refractivity contribution >= 4 is 43.6 Å². The molecular weight excluding hydrogens is 683 g/mol. The van der Waals surface area contributed by atoms with Crippen LogP contribution in [0.15, 0.2) is 200 Å². The van der Waals surface area contributed by atoms with E-state index in [1.165, 1.54) is 21.5 Å². The second-order valence-electron chi connectivity index (χ2n) is 14.1. The van der Waals surface area contributed by atoms with Crippen LogP contribution in [0.4, 0.5) is 0 Å². The molecule has 0 aliphatic carbocycles. The second kappa shape index (κ2) is 13.0. The summed E-state index contributed by atoms with van der Waals surface area (Å²) in [4.78, 5) is 15.7. The first kappa shape index (κ1) is 31.9. The molecule has 262 valence electrons. The zero-order valence-electron chi connectivity index (χ0n) is 30.3. The van der Waals surface area contributed by atoms with Crippen LogP contribution in [0, 0.1) is 0 Å². The molecule has 0 unspecified atom stereocenters. The van der Waals surface area contributed by atoms with Gasteiger partial charge in [0.15, 0.2) is 5.82 Å². The molecule has 4 aromatic heterocycles. The molecule has 0 spiro atoms. The van der Waals surface area contributed by atoms with E-state index < -0.39 is 0 Å². The van der Waals surface area contributed by atoms with E-state index in [0.717, 1.165) is 72.9 Å². The first-order chi connectivity index (χ1) is 27.8. The molecule has 0 N–H and O–H groups in total. The van der Waals surface area contributed by atoms with Crippen molar-refractivity contribution in [1.29, 1.82) is 0 Å². The molecule has 7 aromatic carbocycles. The van der Waals surface area contributed by atoms with Gasteiger partial charge in [-0.05, 0) is 59.7 Å². The van der Waals surface area contributed by atoms with Crippen molar-refractivity contribution in [3.05, 3.63) is 200 Å². The van der Waals surface area contributed by atoms with E-state index in [1.54, 1.807) is 0 Å². The van der Waals surface area contributed by atoms with Crippen LogP contribution >= 0.6 is 0 Å². The summed E-state index contributed by atoms with van der Waals surface area (Å²) in [6.45, 7) is 0. The summed E-state index contributed by atoms with van der Waals surface area (Å²) in [6, 6.07) is 70.2. The standard InChI is InChI=1S/C51H33N5/c1-3-16-34(17-4-1)43-33-44(53-51(52-43)35-18-5-2-6-19-35)37-21-15-20-36(30-37)38-31-49(55-45-26-11-7-22-39(45)40-23-8-12-27-46(40)55)54-50(32-38)56-47-28-13-9-24-41(47)42-25-10-14-29-48(42)56/h1-33H. The van der Waals surface area contributed by atoms with Gasteiger partial charge in [-0.2, -0.15) is 0 Å². The average molecular weight is 716 g/mol. The van der Waals surface area contributed by atoms with Crippen LogP contribution in [0.5, 0.6) is 0 Å². The third kappa shape index (κ3) is 5.29. The molecule has 0 saturated heterocycles. The molecule has 0 atom stereocenters. The van der Waals surface area contributed by atoms with E-state index in [9.17, 15) is 0 Å². The Bertz CT molecular complexity index is 2950. The average Bonchev–Trinajstić information content (AvgIpc) is 3.80. The van der Waals surface area contributed by atoms with E-state index in [2.05, 4.69) is 173 Å². The Labute approximate surface area is 323 Å². The van der Waals surface area contributed by atoms with Crippen molar-refractivity contribution in [3.8, 4) is 56.7 Å². The van der Waals surface area contributed by atoms with Crippen LogP contribution in [-0.2, 0) is 0 Å². The summed E-state index contributed by atoms with van der Waals surface area (Å²) in [6.07, 6.45) is 0. The molecule has 5 nitrogen and oxygen atoms in total. The Balaban J connectivity index is 1.16. The minimum Gasteiger partial charge on any atom is -0.294 e. The zero-order valence-corrected chi connectivity index (χ0v) is 30.3. The van der Waals surface area contributed by atoms with Crippen LogP contribution in [0.3, 0.4) is 0 Å². The number of pyridine rings is 1. The van der Waals surface area contributed by atoms with Gasteiger partial charge in [-0.1, -0.05) is 152 Å². The molecule has 0 aliphatic heterocycles. The highest BCUT2D eigenvalue weighted by molar-refractivity contribution is 6.10. The number of fused-ring (bicyclic) bond motifs is 6. The first-order valence-electron chi connectivity index (χ1n) is 18.9. The highest BCUT2D eigenvalue weighted by atomic mass is 15.1.